The first-order valence-corrected chi connectivity index (χ1v) is 8.94. The summed E-state index contributed by atoms with van der Waals surface area (Å²) < 4.78 is 20.0. The number of benzene rings is 3. The summed E-state index contributed by atoms with van der Waals surface area (Å²) in [6.45, 7) is 0. The standard InChI is InChI=1S/C20H15NO2S/c22-24(23)13-14-9-11-15(12-10-14)20-18-7-2-1-5-16(18)17-6-3-4-8-19(17)21-20/h1-12H,13H2,(H,22,23). The SMILES string of the molecule is O=S(O)Cc1ccc(-c2nc3ccccc3c3ccccc23)cc1. The van der Waals surface area contributed by atoms with Gasteiger partial charge in [-0.25, -0.2) is 9.19 Å². The van der Waals surface area contributed by atoms with Crippen LogP contribution in [0.4, 0.5) is 0 Å². The molecule has 0 aliphatic carbocycles. The summed E-state index contributed by atoms with van der Waals surface area (Å²) in [7, 11) is 0. The van der Waals surface area contributed by atoms with Crippen molar-refractivity contribution in [2.45, 2.75) is 5.75 Å². The quantitative estimate of drug-likeness (QED) is 0.434. The van der Waals surface area contributed by atoms with Gasteiger partial charge in [0, 0.05) is 16.3 Å². The molecule has 1 unspecified atom stereocenters. The molecule has 1 atom stereocenters. The Balaban J connectivity index is 1.93. The van der Waals surface area contributed by atoms with Crippen molar-refractivity contribution in [1.82, 2.24) is 4.98 Å². The lowest BCUT2D eigenvalue weighted by atomic mass is 9.99. The average molecular weight is 333 g/mol. The van der Waals surface area contributed by atoms with Crippen molar-refractivity contribution in [3.8, 4) is 11.3 Å². The molecule has 3 aromatic carbocycles. The Morgan fingerprint density at radius 3 is 2.12 bits per heavy atom. The molecule has 1 heterocycles. The molecule has 1 aromatic heterocycles. The third kappa shape index (κ3) is 2.70. The van der Waals surface area contributed by atoms with E-state index in [0.29, 0.717) is 0 Å². The number of nitrogens with zero attached hydrogens (tertiary/aromatic N) is 1. The molecule has 4 heteroatoms. The smallest absolute Gasteiger partial charge is 0.157 e. The summed E-state index contributed by atoms with van der Waals surface area (Å²) in [5, 5.41) is 3.43. The second-order valence-corrected chi connectivity index (χ2v) is 6.62. The fraction of sp³-hybridized carbons (Fsp3) is 0.0500. The lowest BCUT2D eigenvalue weighted by Gasteiger charge is -2.10. The van der Waals surface area contributed by atoms with E-state index in [2.05, 4.69) is 18.2 Å². The van der Waals surface area contributed by atoms with Crippen LogP contribution in [0.5, 0.6) is 0 Å². The van der Waals surface area contributed by atoms with Crippen LogP contribution in [0.25, 0.3) is 32.9 Å². The van der Waals surface area contributed by atoms with Gasteiger partial charge >= 0.3 is 0 Å². The molecule has 1 N–H and O–H groups in total. The zero-order chi connectivity index (χ0) is 16.5. The fourth-order valence-electron chi connectivity index (χ4n) is 3.03. The number of aromatic nitrogens is 1. The molecular formula is C20H15NO2S. The number of hydrogen-bond acceptors (Lipinski definition) is 2. The summed E-state index contributed by atoms with van der Waals surface area (Å²) >= 11 is -1.82. The first-order chi connectivity index (χ1) is 11.7. The lowest BCUT2D eigenvalue weighted by molar-refractivity contribution is 0.563. The average Bonchev–Trinajstić information content (AvgIpc) is 2.61. The van der Waals surface area contributed by atoms with E-state index in [9.17, 15) is 4.21 Å². The zero-order valence-corrected chi connectivity index (χ0v) is 13.7. The van der Waals surface area contributed by atoms with Crippen LogP contribution in [0.2, 0.25) is 0 Å². The van der Waals surface area contributed by atoms with Crippen LogP contribution in [0, 0.1) is 0 Å². The maximum atomic E-state index is 10.9. The Bertz CT molecular complexity index is 1060. The molecule has 3 nitrogen and oxygen atoms in total. The first-order valence-electron chi connectivity index (χ1n) is 7.66. The van der Waals surface area contributed by atoms with Crippen LogP contribution in [0.1, 0.15) is 5.56 Å². The van der Waals surface area contributed by atoms with Gasteiger partial charge in [-0.05, 0) is 17.0 Å². The van der Waals surface area contributed by atoms with Crippen molar-refractivity contribution in [2.75, 3.05) is 0 Å². The van der Waals surface area contributed by atoms with Crippen LogP contribution in [-0.2, 0) is 16.8 Å². The van der Waals surface area contributed by atoms with Crippen molar-refractivity contribution in [2.24, 2.45) is 0 Å². The largest absolute Gasteiger partial charge is 0.306 e. The van der Waals surface area contributed by atoms with Crippen LogP contribution in [-0.4, -0.2) is 13.7 Å². The predicted octanol–water partition coefficient (Wildman–Crippen LogP) is 4.78. The van der Waals surface area contributed by atoms with E-state index in [1.54, 1.807) is 0 Å². The Kier molecular flexibility index (Phi) is 3.84. The van der Waals surface area contributed by atoms with Crippen molar-refractivity contribution < 1.29 is 8.76 Å². The molecule has 0 radical (unpaired) electrons. The minimum absolute atomic E-state index is 0.145. The molecule has 0 saturated carbocycles. The molecule has 24 heavy (non-hydrogen) atoms. The van der Waals surface area contributed by atoms with Crippen LogP contribution < -0.4 is 0 Å². The maximum absolute atomic E-state index is 10.9. The Hall–Kier alpha value is -2.56. The van der Waals surface area contributed by atoms with Gasteiger partial charge in [0.2, 0.25) is 0 Å². The number of para-hydroxylation sites is 1. The van der Waals surface area contributed by atoms with Crippen molar-refractivity contribution in [3.05, 3.63) is 78.4 Å². The summed E-state index contributed by atoms with van der Waals surface area (Å²) in [4.78, 5) is 4.85. The highest BCUT2D eigenvalue weighted by Crippen LogP contribution is 2.32. The van der Waals surface area contributed by atoms with Gasteiger partial charge < -0.3 is 4.55 Å². The molecule has 4 rings (SSSR count). The van der Waals surface area contributed by atoms with Crippen molar-refractivity contribution >= 4 is 32.8 Å². The summed E-state index contributed by atoms with van der Waals surface area (Å²) in [5.41, 5.74) is 3.74. The lowest BCUT2D eigenvalue weighted by Crippen LogP contribution is -1.93. The van der Waals surface area contributed by atoms with Gasteiger partial charge in [-0.15, -0.1) is 0 Å². The molecule has 0 aliphatic heterocycles. The van der Waals surface area contributed by atoms with Gasteiger partial charge in [0.25, 0.3) is 0 Å². The monoisotopic (exact) mass is 333 g/mol. The van der Waals surface area contributed by atoms with Crippen molar-refractivity contribution in [3.63, 3.8) is 0 Å². The molecule has 0 bridgehead atoms. The molecule has 0 aliphatic rings. The van der Waals surface area contributed by atoms with E-state index in [1.165, 1.54) is 5.39 Å². The second kappa shape index (κ2) is 6.15. The van der Waals surface area contributed by atoms with Gasteiger partial charge in [0.15, 0.2) is 11.1 Å². The van der Waals surface area contributed by atoms with E-state index >= 15 is 0 Å². The van der Waals surface area contributed by atoms with Gasteiger partial charge in [0.1, 0.15) is 0 Å². The summed E-state index contributed by atoms with van der Waals surface area (Å²) in [6.07, 6.45) is 0. The van der Waals surface area contributed by atoms with Gasteiger partial charge in [-0.3, -0.25) is 0 Å². The minimum Gasteiger partial charge on any atom is -0.306 e. The normalized spacial score (nSPS) is 12.5. The molecule has 118 valence electrons. The number of fused-ring (bicyclic) bond motifs is 3. The van der Waals surface area contributed by atoms with Gasteiger partial charge in [-0.2, -0.15) is 0 Å². The van der Waals surface area contributed by atoms with Crippen molar-refractivity contribution in [1.29, 1.82) is 0 Å². The van der Waals surface area contributed by atoms with Crippen LogP contribution >= 0.6 is 0 Å². The number of hydrogen-bond donors (Lipinski definition) is 1. The van der Waals surface area contributed by atoms with E-state index in [-0.39, 0.29) is 5.75 Å². The second-order valence-electron chi connectivity index (χ2n) is 5.69. The van der Waals surface area contributed by atoms with Crippen LogP contribution in [0.15, 0.2) is 72.8 Å². The molecule has 0 saturated heterocycles. The maximum Gasteiger partial charge on any atom is 0.157 e. The predicted molar refractivity (Wildman–Crippen MR) is 99.2 cm³/mol. The fourth-order valence-corrected chi connectivity index (χ4v) is 3.50. The minimum atomic E-state index is -1.82. The van der Waals surface area contributed by atoms with Gasteiger partial charge in [0.05, 0.1) is 17.0 Å². The van der Waals surface area contributed by atoms with Crippen LogP contribution in [0.3, 0.4) is 0 Å². The zero-order valence-electron chi connectivity index (χ0n) is 12.8. The third-order valence-corrected chi connectivity index (χ3v) is 4.71. The molecule has 0 fully saturated rings. The summed E-state index contributed by atoms with van der Waals surface area (Å²) in [6, 6.07) is 24.1. The molecular weight excluding hydrogens is 318 g/mol. The van der Waals surface area contributed by atoms with Gasteiger partial charge in [-0.1, -0.05) is 66.7 Å². The Morgan fingerprint density at radius 1 is 0.792 bits per heavy atom. The first kappa shape index (κ1) is 15.0. The molecule has 4 aromatic rings. The molecule has 0 spiro atoms. The van der Waals surface area contributed by atoms with E-state index < -0.39 is 11.1 Å². The summed E-state index contributed by atoms with van der Waals surface area (Å²) in [5.74, 6) is 0.145. The highest BCUT2D eigenvalue weighted by molar-refractivity contribution is 7.78. The Morgan fingerprint density at radius 2 is 1.42 bits per heavy atom. The highest BCUT2D eigenvalue weighted by atomic mass is 32.2. The number of rotatable bonds is 3. The third-order valence-electron chi connectivity index (χ3n) is 4.13. The highest BCUT2D eigenvalue weighted by Gasteiger charge is 2.10. The number of pyridine rings is 1. The Labute approximate surface area is 142 Å². The van der Waals surface area contributed by atoms with E-state index in [4.69, 9.17) is 9.54 Å². The molecule has 0 amide bonds. The topological polar surface area (TPSA) is 50.2 Å². The van der Waals surface area contributed by atoms with E-state index in [0.717, 1.165) is 33.1 Å². The van der Waals surface area contributed by atoms with E-state index in [1.807, 2.05) is 54.6 Å².